The van der Waals surface area contributed by atoms with Gasteiger partial charge in [-0.1, -0.05) is 25.8 Å². The van der Waals surface area contributed by atoms with Gasteiger partial charge in [0.1, 0.15) is 0 Å². The van der Waals surface area contributed by atoms with Crippen LogP contribution < -0.4 is 5.32 Å². The van der Waals surface area contributed by atoms with Crippen LogP contribution in [0.25, 0.3) is 0 Å². The number of nitrogens with zero attached hydrogens (tertiary/aromatic N) is 1. The summed E-state index contributed by atoms with van der Waals surface area (Å²) in [5.41, 5.74) is -0.352. The Morgan fingerprint density at radius 1 is 1.21 bits per heavy atom. The van der Waals surface area contributed by atoms with Crippen LogP contribution in [0.5, 0.6) is 0 Å². The third kappa shape index (κ3) is 6.97. The molecule has 0 bridgehead atoms. The standard InChI is InChI=1S/C14H25F3N2/c1-2-18-9-5-3-4-6-10-19-11-7-13(8-12-19)14(15,16)17/h7,18H,2-6,8-12H2,1H3. The highest BCUT2D eigenvalue weighted by atomic mass is 19.4. The molecule has 2 nitrogen and oxygen atoms in total. The second kappa shape index (κ2) is 8.59. The maximum Gasteiger partial charge on any atom is 0.412 e. The van der Waals surface area contributed by atoms with Crippen LogP contribution in [0.4, 0.5) is 13.2 Å². The number of rotatable bonds is 8. The minimum Gasteiger partial charge on any atom is -0.317 e. The van der Waals surface area contributed by atoms with Crippen molar-refractivity contribution in [1.29, 1.82) is 0 Å². The van der Waals surface area contributed by atoms with Crippen molar-refractivity contribution in [2.75, 3.05) is 32.7 Å². The topological polar surface area (TPSA) is 15.3 Å². The molecule has 0 spiro atoms. The minimum absolute atomic E-state index is 0.143. The summed E-state index contributed by atoms with van der Waals surface area (Å²) in [5.74, 6) is 0. The zero-order valence-electron chi connectivity index (χ0n) is 11.7. The molecule has 0 atom stereocenters. The second-order valence-corrected chi connectivity index (χ2v) is 5.05. The molecule has 112 valence electrons. The van der Waals surface area contributed by atoms with Crippen molar-refractivity contribution in [2.45, 2.75) is 45.2 Å². The molecular weight excluding hydrogens is 253 g/mol. The number of halogens is 3. The van der Waals surface area contributed by atoms with Crippen molar-refractivity contribution in [1.82, 2.24) is 10.2 Å². The van der Waals surface area contributed by atoms with Gasteiger partial charge in [-0.05, 0) is 38.9 Å². The van der Waals surface area contributed by atoms with Crippen LogP contribution in [-0.4, -0.2) is 43.8 Å². The van der Waals surface area contributed by atoms with Gasteiger partial charge < -0.3 is 5.32 Å². The van der Waals surface area contributed by atoms with Crippen molar-refractivity contribution >= 4 is 0 Å². The number of nitrogens with one attached hydrogen (secondary N) is 1. The largest absolute Gasteiger partial charge is 0.412 e. The highest BCUT2D eigenvalue weighted by Crippen LogP contribution is 2.30. The van der Waals surface area contributed by atoms with Crippen LogP contribution in [0.15, 0.2) is 11.6 Å². The summed E-state index contributed by atoms with van der Waals surface area (Å²) < 4.78 is 37.3. The molecule has 1 aliphatic rings. The zero-order chi connectivity index (χ0) is 14.1. The van der Waals surface area contributed by atoms with Gasteiger partial charge in [-0.3, -0.25) is 4.90 Å². The summed E-state index contributed by atoms with van der Waals surface area (Å²) in [6, 6.07) is 0. The Morgan fingerprint density at radius 3 is 2.53 bits per heavy atom. The molecule has 0 saturated heterocycles. The van der Waals surface area contributed by atoms with E-state index in [1.807, 2.05) is 0 Å². The highest BCUT2D eigenvalue weighted by Gasteiger charge is 2.34. The molecule has 0 aromatic carbocycles. The molecule has 0 unspecified atom stereocenters. The SMILES string of the molecule is CCNCCCCCCN1CC=C(C(F)(F)F)CC1. The third-order valence-corrected chi connectivity index (χ3v) is 3.49. The Balaban J connectivity index is 2.05. The fourth-order valence-corrected chi connectivity index (χ4v) is 2.29. The minimum atomic E-state index is -4.13. The Kier molecular flexibility index (Phi) is 7.46. The molecule has 0 saturated carbocycles. The van der Waals surface area contributed by atoms with E-state index in [1.54, 1.807) is 0 Å². The van der Waals surface area contributed by atoms with E-state index >= 15 is 0 Å². The maximum atomic E-state index is 12.4. The van der Waals surface area contributed by atoms with Crippen LogP contribution in [0, 0.1) is 0 Å². The van der Waals surface area contributed by atoms with Crippen molar-refractivity contribution in [3.05, 3.63) is 11.6 Å². The van der Waals surface area contributed by atoms with Gasteiger partial charge in [0.15, 0.2) is 0 Å². The Morgan fingerprint density at radius 2 is 1.95 bits per heavy atom. The van der Waals surface area contributed by atoms with Crippen LogP contribution in [0.1, 0.15) is 39.0 Å². The maximum absolute atomic E-state index is 12.4. The molecular formula is C14H25F3N2. The first kappa shape index (κ1) is 16.5. The Bertz CT molecular complexity index is 274. The molecule has 0 aromatic heterocycles. The van der Waals surface area contributed by atoms with Crippen molar-refractivity contribution in [3.8, 4) is 0 Å². The lowest BCUT2D eigenvalue weighted by atomic mass is 10.1. The summed E-state index contributed by atoms with van der Waals surface area (Å²) in [5, 5.41) is 3.28. The number of hydrogen-bond donors (Lipinski definition) is 1. The van der Waals surface area contributed by atoms with Crippen molar-refractivity contribution in [2.24, 2.45) is 0 Å². The van der Waals surface area contributed by atoms with Gasteiger partial charge in [0.2, 0.25) is 0 Å². The van der Waals surface area contributed by atoms with E-state index in [-0.39, 0.29) is 12.0 Å². The predicted molar refractivity (Wildman–Crippen MR) is 72.2 cm³/mol. The van der Waals surface area contributed by atoms with E-state index in [0.29, 0.717) is 13.1 Å². The van der Waals surface area contributed by atoms with Gasteiger partial charge in [0, 0.05) is 18.7 Å². The molecule has 0 amide bonds. The van der Waals surface area contributed by atoms with Crippen LogP contribution in [-0.2, 0) is 0 Å². The fourth-order valence-electron chi connectivity index (χ4n) is 2.29. The van der Waals surface area contributed by atoms with E-state index in [4.69, 9.17) is 0 Å². The van der Waals surface area contributed by atoms with Gasteiger partial charge in [0.25, 0.3) is 0 Å². The normalized spacial score (nSPS) is 17.6. The summed E-state index contributed by atoms with van der Waals surface area (Å²) >= 11 is 0. The van der Waals surface area contributed by atoms with Crippen LogP contribution >= 0.6 is 0 Å². The van der Waals surface area contributed by atoms with E-state index < -0.39 is 6.18 Å². The highest BCUT2D eigenvalue weighted by molar-refractivity contribution is 5.12. The van der Waals surface area contributed by atoms with E-state index in [0.717, 1.165) is 32.5 Å². The van der Waals surface area contributed by atoms with Crippen LogP contribution in [0.3, 0.4) is 0 Å². The third-order valence-electron chi connectivity index (χ3n) is 3.49. The van der Waals surface area contributed by atoms with E-state index in [9.17, 15) is 13.2 Å². The smallest absolute Gasteiger partial charge is 0.317 e. The summed E-state index contributed by atoms with van der Waals surface area (Å²) in [6.07, 6.45) is 1.99. The monoisotopic (exact) mass is 278 g/mol. The molecule has 1 aliphatic heterocycles. The lowest BCUT2D eigenvalue weighted by Crippen LogP contribution is -2.32. The number of unbranched alkanes of at least 4 members (excludes halogenated alkanes) is 3. The van der Waals surface area contributed by atoms with Crippen molar-refractivity contribution in [3.63, 3.8) is 0 Å². The molecule has 1 heterocycles. The average Bonchev–Trinajstić information content (AvgIpc) is 2.37. The van der Waals surface area contributed by atoms with Gasteiger partial charge in [0.05, 0.1) is 0 Å². The van der Waals surface area contributed by atoms with Gasteiger partial charge in [-0.15, -0.1) is 0 Å². The molecule has 0 fully saturated rings. The summed E-state index contributed by atoms with van der Waals surface area (Å²) in [4.78, 5) is 2.11. The molecule has 1 rings (SSSR count). The van der Waals surface area contributed by atoms with Crippen molar-refractivity contribution < 1.29 is 13.2 Å². The molecule has 0 aromatic rings. The molecule has 1 N–H and O–H groups in total. The first-order valence-corrected chi connectivity index (χ1v) is 7.23. The second-order valence-electron chi connectivity index (χ2n) is 5.05. The number of alkyl halides is 3. The number of hydrogen-bond acceptors (Lipinski definition) is 2. The summed E-state index contributed by atoms with van der Waals surface area (Å²) in [6.45, 7) is 6.09. The predicted octanol–water partition coefficient (Wildman–Crippen LogP) is 3.35. The molecule has 0 radical (unpaired) electrons. The lowest BCUT2D eigenvalue weighted by molar-refractivity contribution is -0.0960. The zero-order valence-corrected chi connectivity index (χ0v) is 11.7. The lowest BCUT2D eigenvalue weighted by Gasteiger charge is -2.27. The summed E-state index contributed by atoms with van der Waals surface area (Å²) in [7, 11) is 0. The molecule has 5 heteroatoms. The van der Waals surface area contributed by atoms with Gasteiger partial charge in [-0.2, -0.15) is 13.2 Å². The Hall–Kier alpha value is -0.550. The van der Waals surface area contributed by atoms with Gasteiger partial charge >= 0.3 is 6.18 Å². The molecule has 0 aliphatic carbocycles. The van der Waals surface area contributed by atoms with Gasteiger partial charge in [-0.25, -0.2) is 0 Å². The average molecular weight is 278 g/mol. The first-order chi connectivity index (χ1) is 9.04. The first-order valence-electron chi connectivity index (χ1n) is 7.23. The fraction of sp³-hybridized carbons (Fsp3) is 0.857. The Labute approximate surface area is 114 Å². The quantitative estimate of drug-likeness (QED) is 0.541. The van der Waals surface area contributed by atoms with E-state index in [1.165, 1.54) is 18.9 Å². The molecule has 19 heavy (non-hydrogen) atoms. The van der Waals surface area contributed by atoms with Crippen LogP contribution in [0.2, 0.25) is 0 Å². The van der Waals surface area contributed by atoms with E-state index in [2.05, 4.69) is 17.1 Å².